The van der Waals surface area contributed by atoms with Gasteiger partial charge in [0, 0.05) is 6.07 Å². The van der Waals surface area contributed by atoms with Crippen molar-refractivity contribution in [2.24, 2.45) is 0 Å². The Morgan fingerprint density at radius 2 is 2.14 bits per heavy atom. The molecule has 2 aromatic heterocycles. The third kappa shape index (κ3) is 2.95. The Morgan fingerprint density at radius 1 is 1.29 bits per heavy atom. The fraction of sp³-hybridized carbons (Fsp3) is 0.0667. The molecule has 0 aliphatic heterocycles. The van der Waals surface area contributed by atoms with Crippen molar-refractivity contribution in [3.05, 3.63) is 59.1 Å². The number of rotatable bonds is 5. The first-order chi connectivity index (χ1) is 10.2. The molecule has 2 heterocycles. The van der Waals surface area contributed by atoms with Crippen LogP contribution in [0.3, 0.4) is 0 Å². The van der Waals surface area contributed by atoms with Crippen LogP contribution < -0.4 is 4.74 Å². The molecule has 3 rings (SSSR count). The normalized spacial score (nSPS) is 10.5. The van der Waals surface area contributed by atoms with Crippen molar-refractivity contribution in [3.8, 4) is 16.4 Å². The Bertz CT molecular complexity index is 749. The van der Waals surface area contributed by atoms with E-state index >= 15 is 0 Å². The van der Waals surface area contributed by atoms with Gasteiger partial charge >= 0.3 is 5.97 Å². The van der Waals surface area contributed by atoms with Gasteiger partial charge in [-0.1, -0.05) is 23.4 Å². The highest BCUT2D eigenvalue weighted by atomic mass is 32.1. The van der Waals surface area contributed by atoms with E-state index in [1.54, 1.807) is 35.6 Å². The number of carboxylic acids is 1. The predicted molar refractivity (Wildman–Crippen MR) is 77.5 cm³/mol. The van der Waals surface area contributed by atoms with Crippen LogP contribution in [0.15, 0.2) is 52.4 Å². The Morgan fingerprint density at radius 3 is 2.90 bits per heavy atom. The van der Waals surface area contributed by atoms with Gasteiger partial charge in [-0.15, -0.1) is 11.3 Å². The van der Waals surface area contributed by atoms with Crippen molar-refractivity contribution >= 4 is 17.3 Å². The molecule has 0 bridgehead atoms. The second kappa shape index (κ2) is 5.80. The van der Waals surface area contributed by atoms with Gasteiger partial charge in [-0.3, -0.25) is 0 Å². The van der Waals surface area contributed by atoms with Crippen LogP contribution in [0.4, 0.5) is 0 Å². The maximum Gasteiger partial charge on any atom is 0.339 e. The van der Waals surface area contributed by atoms with Crippen molar-refractivity contribution in [1.82, 2.24) is 5.16 Å². The summed E-state index contributed by atoms with van der Waals surface area (Å²) in [4.78, 5) is 12.1. The second-order valence-corrected chi connectivity index (χ2v) is 5.20. The van der Waals surface area contributed by atoms with Crippen LogP contribution in [0.1, 0.15) is 16.1 Å². The number of carboxylic acid groups (broad SMARTS) is 1. The van der Waals surface area contributed by atoms with Crippen LogP contribution in [0.2, 0.25) is 0 Å². The Balaban J connectivity index is 1.73. The molecule has 0 amide bonds. The maximum absolute atomic E-state index is 11.1. The molecule has 3 aromatic rings. The van der Waals surface area contributed by atoms with Gasteiger partial charge in [0.25, 0.3) is 0 Å². The minimum Gasteiger partial charge on any atom is -0.486 e. The van der Waals surface area contributed by atoms with Crippen molar-refractivity contribution < 1.29 is 19.2 Å². The van der Waals surface area contributed by atoms with Gasteiger partial charge in [-0.05, 0) is 23.6 Å². The fourth-order valence-electron chi connectivity index (χ4n) is 1.84. The summed E-state index contributed by atoms with van der Waals surface area (Å²) in [5.74, 6) is -0.0363. The van der Waals surface area contributed by atoms with Gasteiger partial charge in [-0.25, -0.2) is 4.79 Å². The number of hydrogen-bond acceptors (Lipinski definition) is 5. The lowest BCUT2D eigenvalue weighted by molar-refractivity contribution is 0.0691. The molecule has 0 atom stereocenters. The summed E-state index contributed by atoms with van der Waals surface area (Å²) in [6.07, 6.45) is 0. The number of thiophene rings is 1. The molecular formula is C15H11NO4S. The molecule has 0 unspecified atom stereocenters. The minimum absolute atomic E-state index is 0.125. The number of aromatic carboxylic acids is 1. The lowest BCUT2D eigenvalue weighted by Gasteiger charge is -2.06. The van der Waals surface area contributed by atoms with E-state index in [-0.39, 0.29) is 12.2 Å². The number of hydrogen-bond donors (Lipinski definition) is 1. The topological polar surface area (TPSA) is 72.6 Å². The monoisotopic (exact) mass is 301 g/mol. The molecule has 5 nitrogen and oxygen atoms in total. The van der Waals surface area contributed by atoms with Crippen molar-refractivity contribution in [2.45, 2.75) is 6.61 Å². The Labute approximate surface area is 124 Å². The lowest BCUT2D eigenvalue weighted by Crippen LogP contribution is -2.03. The summed E-state index contributed by atoms with van der Waals surface area (Å²) < 4.78 is 10.8. The van der Waals surface area contributed by atoms with Crippen molar-refractivity contribution in [3.63, 3.8) is 0 Å². The number of para-hydroxylation sites is 1. The molecule has 21 heavy (non-hydrogen) atoms. The van der Waals surface area contributed by atoms with Crippen LogP contribution in [0.25, 0.3) is 10.6 Å². The summed E-state index contributed by atoms with van der Waals surface area (Å²) in [7, 11) is 0. The molecular weight excluding hydrogens is 290 g/mol. The molecule has 106 valence electrons. The molecule has 6 heteroatoms. The molecule has 1 N–H and O–H groups in total. The molecule has 0 saturated carbocycles. The van der Waals surface area contributed by atoms with Gasteiger partial charge < -0.3 is 14.4 Å². The molecule has 0 spiro atoms. The molecule has 0 saturated heterocycles. The van der Waals surface area contributed by atoms with E-state index in [9.17, 15) is 4.79 Å². The first kappa shape index (κ1) is 13.4. The first-order valence-corrected chi connectivity index (χ1v) is 7.06. The molecule has 0 aliphatic rings. The van der Waals surface area contributed by atoms with E-state index < -0.39 is 5.97 Å². The summed E-state index contributed by atoms with van der Waals surface area (Å²) in [5, 5.41) is 15.0. The molecule has 0 fully saturated rings. The number of benzene rings is 1. The summed E-state index contributed by atoms with van der Waals surface area (Å²) in [6.45, 7) is 0.152. The third-order valence-corrected chi connectivity index (χ3v) is 3.70. The Kier molecular flexibility index (Phi) is 3.70. The number of aromatic nitrogens is 1. The second-order valence-electron chi connectivity index (χ2n) is 4.25. The van der Waals surface area contributed by atoms with Gasteiger partial charge in [0.2, 0.25) is 0 Å². The highest BCUT2D eigenvalue weighted by Crippen LogP contribution is 2.26. The van der Waals surface area contributed by atoms with Crippen LogP contribution in [0, 0.1) is 0 Å². The highest BCUT2D eigenvalue weighted by molar-refractivity contribution is 7.13. The quantitative estimate of drug-likeness (QED) is 0.778. The van der Waals surface area contributed by atoms with Gasteiger partial charge in [0.1, 0.15) is 23.6 Å². The number of ether oxygens (including phenoxy) is 1. The van der Waals surface area contributed by atoms with Crippen LogP contribution in [0.5, 0.6) is 5.75 Å². The molecule has 0 radical (unpaired) electrons. The summed E-state index contributed by atoms with van der Waals surface area (Å²) in [6, 6.07) is 12.1. The van der Waals surface area contributed by atoms with Gasteiger partial charge in [0.15, 0.2) is 5.76 Å². The van der Waals surface area contributed by atoms with E-state index in [1.807, 2.05) is 17.5 Å². The van der Waals surface area contributed by atoms with Gasteiger partial charge in [-0.2, -0.15) is 0 Å². The van der Waals surface area contributed by atoms with E-state index in [0.29, 0.717) is 17.2 Å². The minimum atomic E-state index is -1.02. The molecule has 1 aromatic carbocycles. The highest BCUT2D eigenvalue weighted by Gasteiger charge is 2.12. The average Bonchev–Trinajstić information content (AvgIpc) is 3.16. The van der Waals surface area contributed by atoms with E-state index in [4.69, 9.17) is 14.4 Å². The predicted octanol–water partition coefficient (Wildman–Crippen LogP) is 3.68. The maximum atomic E-state index is 11.1. The Hall–Kier alpha value is -2.60. The summed E-state index contributed by atoms with van der Waals surface area (Å²) >= 11 is 1.56. The number of nitrogens with zero attached hydrogens (tertiary/aromatic N) is 1. The van der Waals surface area contributed by atoms with E-state index in [1.165, 1.54) is 6.07 Å². The zero-order valence-electron chi connectivity index (χ0n) is 10.9. The fourth-order valence-corrected chi connectivity index (χ4v) is 2.51. The van der Waals surface area contributed by atoms with E-state index in [2.05, 4.69) is 5.16 Å². The van der Waals surface area contributed by atoms with Crippen LogP contribution in [-0.2, 0) is 6.61 Å². The van der Waals surface area contributed by atoms with Crippen LogP contribution in [-0.4, -0.2) is 16.2 Å². The zero-order chi connectivity index (χ0) is 14.7. The SMILES string of the molecule is O=C(O)c1ccccc1OCc1cc(-c2cccs2)on1. The standard InChI is InChI=1S/C15H11NO4S/c17-15(18)11-4-1-2-5-12(11)19-9-10-8-13(20-16-10)14-6-3-7-21-14/h1-8H,9H2,(H,17,18). The molecule has 0 aliphatic carbocycles. The largest absolute Gasteiger partial charge is 0.486 e. The third-order valence-electron chi connectivity index (χ3n) is 2.82. The van der Waals surface area contributed by atoms with Crippen LogP contribution >= 0.6 is 11.3 Å². The van der Waals surface area contributed by atoms with Gasteiger partial charge in [0.05, 0.1) is 4.88 Å². The lowest BCUT2D eigenvalue weighted by atomic mass is 10.2. The van der Waals surface area contributed by atoms with Crippen molar-refractivity contribution in [1.29, 1.82) is 0 Å². The van der Waals surface area contributed by atoms with Crippen molar-refractivity contribution in [2.75, 3.05) is 0 Å². The van der Waals surface area contributed by atoms with E-state index in [0.717, 1.165) is 4.88 Å². The zero-order valence-corrected chi connectivity index (χ0v) is 11.7. The average molecular weight is 301 g/mol. The first-order valence-electron chi connectivity index (χ1n) is 6.18. The smallest absolute Gasteiger partial charge is 0.339 e. The summed E-state index contributed by atoms with van der Waals surface area (Å²) in [5.41, 5.74) is 0.734. The number of carbonyl (C=O) groups is 1.